The number of piperazine rings is 1. The molecule has 0 N–H and O–H groups in total. The number of carbonyl (C=O) groups excluding carboxylic acids is 1. The molecule has 31 heavy (non-hydrogen) atoms. The van der Waals surface area contributed by atoms with Gasteiger partial charge in [-0.1, -0.05) is 24.3 Å². The van der Waals surface area contributed by atoms with Crippen molar-refractivity contribution < 1.29 is 35.9 Å². The van der Waals surface area contributed by atoms with Gasteiger partial charge in [-0.2, -0.15) is 26.3 Å². The first-order valence-electron chi connectivity index (χ1n) is 9.50. The van der Waals surface area contributed by atoms with Gasteiger partial charge in [-0.05, 0) is 24.3 Å². The van der Waals surface area contributed by atoms with E-state index in [-0.39, 0.29) is 18.1 Å². The second-order valence-electron chi connectivity index (χ2n) is 7.10. The number of anilines is 1. The Labute approximate surface area is 175 Å². The van der Waals surface area contributed by atoms with Crippen molar-refractivity contribution >= 4 is 11.6 Å². The number of benzene rings is 2. The third-order valence-corrected chi connectivity index (χ3v) is 4.88. The van der Waals surface area contributed by atoms with Crippen LogP contribution in [0.4, 0.5) is 32.0 Å². The normalized spacial score (nSPS) is 15.2. The first kappa shape index (κ1) is 22.8. The van der Waals surface area contributed by atoms with E-state index in [0.717, 1.165) is 12.1 Å². The molecule has 1 saturated heterocycles. The molecule has 0 atom stereocenters. The Morgan fingerprint density at radius 2 is 1.58 bits per heavy atom. The molecule has 1 amide bonds. The average Bonchev–Trinajstić information content (AvgIpc) is 2.72. The second-order valence-corrected chi connectivity index (χ2v) is 7.10. The standard InChI is InChI=1S/C21H20F6N2O2/c22-20(23,24)14-31-18-7-2-1-4-15(18)12-19(30)29-10-8-28(9-11-29)17-6-3-5-16(13-17)21(25,26)27/h1-7,13H,8-12,14H2. The molecule has 1 aliphatic heterocycles. The summed E-state index contributed by atoms with van der Waals surface area (Å²) < 4.78 is 80.8. The maximum atomic E-state index is 12.9. The fourth-order valence-corrected chi connectivity index (χ4v) is 3.32. The number of halogens is 6. The molecule has 0 unspecified atom stereocenters. The fraction of sp³-hybridized carbons (Fsp3) is 0.381. The fourth-order valence-electron chi connectivity index (χ4n) is 3.32. The molecule has 1 heterocycles. The van der Waals surface area contributed by atoms with E-state index < -0.39 is 24.5 Å². The first-order valence-corrected chi connectivity index (χ1v) is 9.50. The SMILES string of the molecule is O=C(Cc1ccccc1OCC(F)(F)F)N1CCN(c2cccc(C(F)(F)F)c2)CC1. The van der Waals surface area contributed by atoms with Crippen LogP contribution in [0.15, 0.2) is 48.5 Å². The van der Waals surface area contributed by atoms with Gasteiger partial charge in [0.15, 0.2) is 6.61 Å². The Morgan fingerprint density at radius 3 is 2.23 bits per heavy atom. The van der Waals surface area contributed by atoms with Crippen LogP contribution in [-0.2, 0) is 17.4 Å². The Morgan fingerprint density at radius 1 is 0.903 bits per heavy atom. The van der Waals surface area contributed by atoms with E-state index in [1.807, 2.05) is 0 Å². The van der Waals surface area contributed by atoms with Crippen molar-refractivity contribution in [2.75, 3.05) is 37.7 Å². The van der Waals surface area contributed by atoms with Crippen LogP contribution in [0.1, 0.15) is 11.1 Å². The number of hydrogen-bond acceptors (Lipinski definition) is 3. The highest BCUT2D eigenvalue weighted by atomic mass is 19.4. The number of ether oxygens (including phenoxy) is 1. The smallest absolute Gasteiger partial charge is 0.422 e. The highest BCUT2D eigenvalue weighted by molar-refractivity contribution is 5.79. The minimum Gasteiger partial charge on any atom is -0.484 e. The molecule has 4 nitrogen and oxygen atoms in total. The summed E-state index contributed by atoms with van der Waals surface area (Å²) in [5.74, 6) is -0.289. The van der Waals surface area contributed by atoms with Crippen LogP contribution in [0, 0.1) is 0 Å². The van der Waals surface area contributed by atoms with Gasteiger partial charge < -0.3 is 14.5 Å². The minimum atomic E-state index is -4.49. The van der Waals surface area contributed by atoms with E-state index in [9.17, 15) is 31.1 Å². The molecule has 168 valence electrons. The van der Waals surface area contributed by atoms with E-state index in [1.165, 1.54) is 24.3 Å². The largest absolute Gasteiger partial charge is 0.484 e. The van der Waals surface area contributed by atoms with Crippen molar-refractivity contribution in [2.24, 2.45) is 0 Å². The van der Waals surface area contributed by atoms with Gasteiger partial charge >= 0.3 is 12.4 Å². The van der Waals surface area contributed by atoms with Gasteiger partial charge in [-0.3, -0.25) is 4.79 Å². The van der Waals surface area contributed by atoms with E-state index in [4.69, 9.17) is 4.74 Å². The van der Waals surface area contributed by atoms with Gasteiger partial charge in [0.1, 0.15) is 5.75 Å². The van der Waals surface area contributed by atoms with Crippen molar-refractivity contribution in [2.45, 2.75) is 18.8 Å². The molecule has 2 aromatic rings. The van der Waals surface area contributed by atoms with Crippen LogP contribution >= 0.6 is 0 Å². The third-order valence-electron chi connectivity index (χ3n) is 4.88. The number of carbonyl (C=O) groups is 1. The van der Waals surface area contributed by atoms with Crippen molar-refractivity contribution in [1.82, 2.24) is 4.90 Å². The van der Waals surface area contributed by atoms with Gasteiger partial charge in [-0.15, -0.1) is 0 Å². The Kier molecular flexibility index (Phi) is 6.66. The van der Waals surface area contributed by atoms with Gasteiger partial charge in [0.05, 0.1) is 12.0 Å². The van der Waals surface area contributed by atoms with Gasteiger partial charge in [-0.25, -0.2) is 0 Å². The predicted molar refractivity (Wildman–Crippen MR) is 102 cm³/mol. The van der Waals surface area contributed by atoms with Crippen molar-refractivity contribution in [3.63, 3.8) is 0 Å². The molecule has 0 aromatic heterocycles. The molecule has 1 fully saturated rings. The van der Waals surface area contributed by atoms with Crippen molar-refractivity contribution in [3.8, 4) is 5.75 Å². The lowest BCUT2D eigenvalue weighted by Crippen LogP contribution is -2.49. The van der Waals surface area contributed by atoms with Gasteiger partial charge in [0, 0.05) is 37.4 Å². The van der Waals surface area contributed by atoms with E-state index >= 15 is 0 Å². The summed E-state index contributed by atoms with van der Waals surface area (Å²) in [6.45, 7) is -0.173. The zero-order chi connectivity index (χ0) is 22.6. The monoisotopic (exact) mass is 446 g/mol. The lowest BCUT2D eigenvalue weighted by molar-refractivity contribution is -0.153. The zero-order valence-electron chi connectivity index (χ0n) is 16.3. The quantitative estimate of drug-likeness (QED) is 0.633. The summed E-state index contributed by atoms with van der Waals surface area (Å²) in [4.78, 5) is 15.9. The summed E-state index contributed by atoms with van der Waals surface area (Å²) in [6, 6.07) is 11.0. The van der Waals surface area contributed by atoms with Crippen LogP contribution in [0.5, 0.6) is 5.75 Å². The Bertz CT molecular complexity index is 905. The van der Waals surface area contributed by atoms with Crippen molar-refractivity contribution in [3.05, 3.63) is 59.7 Å². The number of amides is 1. The number of hydrogen-bond donors (Lipinski definition) is 0. The predicted octanol–water partition coefficient (Wildman–Crippen LogP) is 4.54. The van der Waals surface area contributed by atoms with Crippen LogP contribution in [-0.4, -0.2) is 49.8 Å². The molecule has 0 aliphatic carbocycles. The molecular weight excluding hydrogens is 426 g/mol. The summed E-state index contributed by atoms with van der Waals surface area (Å²) >= 11 is 0. The number of nitrogens with zero attached hydrogens (tertiary/aromatic N) is 2. The summed E-state index contributed by atoms with van der Waals surface area (Å²) in [7, 11) is 0. The van der Waals surface area contributed by atoms with Crippen LogP contribution < -0.4 is 9.64 Å². The zero-order valence-corrected chi connectivity index (χ0v) is 16.3. The summed E-state index contributed by atoms with van der Waals surface area (Å²) in [5, 5.41) is 0. The lowest BCUT2D eigenvalue weighted by atomic mass is 10.1. The Hall–Kier alpha value is -2.91. The second kappa shape index (κ2) is 9.07. The van der Waals surface area contributed by atoms with Crippen LogP contribution in [0.3, 0.4) is 0 Å². The number of para-hydroxylation sites is 1. The lowest BCUT2D eigenvalue weighted by Gasteiger charge is -2.36. The molecule has 1 aliphatic rings. The maximum Gasteiger partial charge on any atom is 0.422 e. The molecule has 2 aromatic carbocycles. The van der Waals surface area contributed by atoms with Gasteiger partial charge in [0.25, 0.3) is 0 Å². The van der Waals surface area contributed by atoms with E-state index in [0.29, 0.717) is 37.4 Å². The summed E-state index contributed by atoms with van der Waals surface area (Å²) in [6.07, 6.45) is -9.05. The van der Waals surface area contributed by atoms with E-state index in [2.05, 4.69) is 0 Å². The minimum absolute atomic E-state index is 0.00391. The highest BCUT2D eigenvalue weighted by Crippen LogP contribution is 2.32. The molecule has 10 heteroatoms. The number of rotatable bonds is 5. The molecule has 0 spiro atoms. The first-order chi connectivity index (χ1) is 14.5. The average molecular weight is 446 g/mol. The molecule has 3 rings (SSSR count). The summed E-state index contributed by atoms with van der Waals surface area (Å²) in [5.41, 5.74) is 0.0313. The maximum absolute atomic E-state index is 12.9. The topological polar surface area (TPSA) is 32.8 Å². The molecule has 0 radical (unpaired) electrons. The van der Waals surface area contributed by atoms with Crippen LogP contribution in [0.25, 0.3) is 0 Å². The number of alkyl halides is 6. The molecule has 0 bridgehead atoms. The molecule has 0 saturated carbocycles. The van der Waals surface area contributed by atoms with Gasteiger partial charge in [0.2, 0.25) is 5.91 Å². The van der Waals surface area contributed by atoms with E-state index in [1.54, 1.807) is 21.9 Å². The molecular formula is C21H20F6N2O2. The Balaban J connectivity index is 1.59. The van der Waals surface area contributed by atoms with Crippen LogP contribution in [0.2, 0.25) is 0 Å². The third kappa shape index (κ3) is 6.28. The highest BCUT2D eigenvalue weighted by Gasteiger charge is 2.32. The van der Waals surface area contributed by atoms with Crippen molar-refractivity contribution in [1.29, 1.82) is 0 Å².